The fraction of sp³-hybridized carbons (Fsp3) is 0. The summed E-state index contributed by atoms with van der Waals surface area (Å²) in [7, 11) is -4.12. The topological polar surface area (TPSA) is 128 Å². The van der Waals surface area contributed by atoms with E-state index in [1.165, 1.54) is 6.07 Å². The lowest BCUT2D eigenvalue weighted by Gasteiger charge is -2.04. The largest absolute Gasteiger partial charge is 0.295 e. The number of hydrogen-bond donors (Lipinski definition) is 2. The third kappa shape index (κ3) is 3.88. The molecule has 2 aromatic rings. The van der Waals surface area contributed by atoms with Crippen LogP contribution in [0.5, 0.6) is 0 Å². The second kappa shape index (κ2) is 6.68. The molecule has 0 unspecified atom stereocenters. The van der Waals surface area contributed by atoms with Crippen molar-refractivity contribution in [1.82, 2.24) is 0 Å². The standard InChI is InChI=1S/C13H10F2N4O4S/c14-10-2-1-3-11(15)9(10)7-17-18-12-5-4-8(24(16,22)23)6-13(12)19(20)21/h1-7,18H,(H2,16,22,23)/b17-7+. The number of hydrogen-bond acceptors (Lipinski definition) is 6. The lowest BCUT2D eigenvalue weighted by atomic mass is 10.2. The van der Waals surface area contributed by atoms with Gasteiger partial charge in [0, 0.05) is 6.07 Å². The van der Waals surface area contributed by atoms with Gasteiger partial charge in [-0.3, -0.25) is 15.5 Å². The van der Waals surface area contributed by atoms with Crippen molar-refractivity contribution in [3.8, 4) is 0 Å². The summed E-state index contributed by atoms with van der Waals surface area (Å²) in [4.78, 5) is 9.69. The molecule has 0 radical (unpaired) electrons. The molecule has 0 amide bonds. The molecule has 0 aliphatic rings. The fourth-order valence-electron chi connectivity index (χ4n) is 1.73. The predicted molar refractivity (Wildman–Crippen MR) is 82.0 cm³/mol. The molecule has 0 fully saturated rings. The molecule has 0 aliphatic carbocycles. The number of nitro benzene ring substituents is 1. The molecule has 0 aliphatic heterocycles. The van der Waals surface area contributed by atoms with Crippen molar-refractivity contribution in [2.75, 3.05) is 5.43 Å². The SMILES string of the molecule is NS(=O)(=O)c1ccc(N/N=C/c2c(F)cccc2F)c([N+](=O)[O-])c1. The van der Waals surface area contributed by atoms with Crippen LogP contribution in [0.1, 0.15) is 5.56 Å². The molecular weight excluding hydrogens is 346 g/mol. The van der Waals surface area contributed by atoms with Crippen LogP contribution in [0.15, 0.2) is 46.4 Å². The minimum Gasteiger partial charge on any atom is -0.272 e. The van der Waals surface area contributed by atoms with Gasteiger partial charge >= 0.3 is 0 Å². The van der Waals surface area contributed by atoms with Crippen LogP contribution in [0.25, 0.3) is 0 Å². The Balaban J connectivity index is 2.33. The Labute approximate surface area is 134 Å². The highest BCUT2D eigenvalue weighted by Gasteiger charge is 2.18. The average molecular weight is 356 g/mol. The van der Waals surface area contributed by atoms with E-state index < -0.39 is 42.7 Å². The van der Waals surface area contributed by atoms with Gasteiger partial charge in [0.05, 0.1) is 21.6 Å². The molecule has 0 atom stereocenters. The average Bonchev–Trinajstić information content (AvgIpc) is 2.49. The second-order valence-electron chi connectivity index (χ2n) is 4.49. The van der Waals surface area contributed by atoms with E-state index in [-0.39, 0.29) is 5.69 Å². The van der Waals surface area contributed by atoms with Gasteiger partial charge < -0.3 is 0 Å². The number of nitrogens with one attached hydrogen (secondary N) is 1. The number of hydrazone groups is 1. The summed E-state index contributed by atoms with van der Waals surface area (Å²) >= 11 is 0. The molecule has 0 bridgehead atoms. The van der Waals surface area contributed by atoms with Crippen molar-refractivity contribution in [1.29, 1.82) is 0 Å². The Bertz CT molecular complexity index is 911. The van der Waals surface area contributed by atoms with Crippen LogP contribution in [-0.4, -0.2) is 19.6 Å². The third-order valence-corrected chi connectivity index (χ3v) is 3.78. The van der Waals surface area contributed by atoms with Gasteiger partial charge in [-0.15, -0.1) is 0 Å². The molecule has 126 valence electrons. The maximum Gasteiger partial charge on any atom is 0.295 e. The summed E-state index contributed by atoms with van der Waals surface area (Å²) in [5.74, 6) is -1.72. The lowest BCUT2D eigenvalue weighted by Crippen LogP contribution is -2.12. The van der Waals surface area contributed by atoms with E-state index in [0.717, 1.165) is 36.5 Å². The molecule has 3 N–H and O–H groups in total. The zero-order chi connectivity index (χ0) is 17.9. The Hall–Kier alpha value is -2.92. The molecule has 0 heterocycles. The van der Waals surface area contributed by atoms with Crippen molar-refractivity contribution in [3.63, 3.8) is 0 Å². The van der Waals surface area contributed by atoms with Gasteiger partial charge in [0.1, 0.15) is 17.3 Å². The first-order chi connectivity index (χ1) is 11.2. The zero-order valence-corrected chi connectivity index (χ0v) is 12.6. The van der Waals surface area contributed by atoms with E-state index in [2.05, 4.69) is 10.5 Å². The minimum absolute atomic E-state index is 0.180. The number of nitro groups is 1. The van der Waals surface area contributed by atoms with Crippen LogP contribution in [0.4, 0.5) is 20.2 Å². The monoisotopic (exact) mass is 356 g/mol. The molecule has 2 rings (SSSR count). The number of sulfonamides is 1. The molecule has 0 spiro atoms. The van der Waals surface area contributed by atoms with Crippen LogP contribution in [-0.2, 0) is 10.0 Å². The maximum atomic E-state index is 13.4. The van der Waals surface area contributed by atoms with E-state index in [1.54, 1.807) is 0 Å². The van der Waals surface area contributed by atoms with Crippen molar-refractivity contribution < 1.29 is 22.1 Å². The van der Waals surface area contributed by atoms with E-state index in [9.17, 15) is 27.3 Å². The van der Waals surface area contributed by atoms with Gasteiger partial charge in [-0.1, -0.05) is 6.07 Å². The number of benzene rings is 2. The van der Waals surface area contributed by atoms with Gasteiger partial charge in [0.2, 0.25) is 10.0 Å². The van der Waals surface area contributed by atoms with Crippen molar-refractivity contribution in [2.24, 2.45) is 10.2 Å². The van der Waals surface area contributed by atoms with Gasteiger partial charge in [0.25, 0.3) is 5.69 Å². The summed E-state index contributed by atoms with van der Waals surface area (Å²) in [6.45, 7) is 0. The van der Waals surface area contributed by atoms with Gasteiger partial charge in [-0.25, -0.2) is 22.3 Å². The number of rotatable bonds is 5. The Morgan fingerprint density at radius 1 is 1.21 bits per heavy atom. The first kappa shape index (κ1) is 17.4. The van der Waals surface area contributed by atoms with Crippen LogP contribution >= 0.6 is 0 Å². The Morgan fingerprint density at radius 2 is 1.83 bits per heavy atom. The number of halogens is 2. The predicted octanol–water partition coefficient (Wildman–Crippen LogP) is 1.97. The van der Waals surface area contributed by atoms with Crippen molar-refractivity contribution in [2.45, 2.75) is 4.90 Å². The summed E-state index contributed by atoms with van der Waals surface area (Å²) in [5.41, 5.74) is 1.00. The van der Waals surface area contributed by atoms with Gasteiger partial charge in [-0.05, 0) is 24.3 Å². The number of primary sulfonamides is 1. The van der Waals surface area contributed by atoms with Gasteiger partial charge in [-0.2, -0.15) is 5.10 Å². The van der Waals surface area contributed by atoms with Gasteiger partial charge in [0.15, 0.2) is 0 Å². The van der Waals surface area contributed by atoms with Crippen molar-refractivity contribution >= 4 is 27.6 Å². The van der Waals surface area contributed by atoms with E-state index >= 15 is 0 Å². The highest BCUT2D eigenvalue weighted by molar-refractivity contribution is 7.89. The third-order valence-electron chi connectivity index (χ3n) is 2.87. The smallest absolute Gasteiger partial charge is 0.272 e. The van der Waals surface area contributed by atoms with Crippen LogP contribution in [0.2, 0.25) is 0 Å². The highest BCUT2D eigenvalue weighted by Crippen LogP contribution is 2.27. The first-order valence-corrected chi connectivity index (χ1v) is 7.79. The molecule has 0 aromatic heterocycles. The Morgan fingerprint density at radius 3 is 2.38 bits per heavy atom. The summed E-state index contributed by atoms with van der Waals surface area (Å²) in [6.07, 6.45) is 0.808. The zero-order valence-electron chi connectivity index (χ0n) is 11.8. The fourth-order valence-corrected chi connectivity index (χ4v) is 2.27. The second-order valence-corrected chi connectivity index (χ2v) is 6.05. The quantitative estimate of drug-likeness (QED) is 0.481. The molecule has 11 heteroatoms. The number of anilines is 1. The Kier molecular flexibility index (Phi) is 4.85. The summed E-state index contributed by atoms with van der Waals surface area (Å²) < 4.78 is 49.3. The van der Waals surface area contributed by atoms with Crippen LogP contribution in [0, 0.1) is 21.7 Å². The normalized spacial score (nSPS) is 11.6. The number of nitrogens with zero attached hydrogens (tertiary/aromatic N) is 2. The lowest BCUT2D eigenvalue weighted by molar-refractivity contribution is -0.384. The molecule has 8 nitrogen and oxygen atoms in total. The van der Waals surface area contributed by atoms with Crippen LogP contribution in [0.3, 0.4) is 0 Å². The van der Waals surface area contributed by atoms with E-state index in [4.69, 9.17) is 5.14 Å². The van der Waals surface area contributed by atoms with E-state index in [0.29, 0.717) is 0 Å². The molecular formula is C13H10F2N4O4S. The summed E-state index contributed by atoms with van der Waals surface area (Å²) in [6, 6.07) is 6.06. The molecule has 24 heavy (non-hydrogen) atoms. The first-order valence-electron chi connectivity index (χ1n) is 6.24. The van der Waals surface area contributed by atoms with E-state index in [1.807, 2.05) is 0 Å². The van der Waals surface area contributed by atoms with Crippen LogP contribution < -0.4 is 10.6 Å². The highest BCUT2D eigenvalue weighted by atomic mass is 32.2. The molecule has 0 saturated carbocycles. The molecule has 0 saturated heterocycles. The minimum atomic E-state index is -4.12. The van der Waals surface area contributed by atoms with Crippen molar-refractivity contribution in [3.05, 3.63) is 63.7 Å². The summed E-state index contributed by atoms with van der Waals surface area (Å²) in [5, 5.41) is 19.4. The number of nitrogens with two attached hydrogens (primary N) is 1. The maximum absolute atomic E-state index is 13.4. The molecule has 2 aromatic carbocycles.